The lowest BCUT2D eigenvalue weighted by atomic mass is 10.4. The van der Waals surface area contributed by atoms with E-state index in [1.54, 1.807) is 13.0 Å². The Bertz CT molecular complexity index is 422. The molecule has 7 heteroatoms. The second-order valence-corrected chi connectivity index (χ2v) is 7.59. The lowest BCUT2D eigenvalue weighted by Crippen LogP contribution is -2.37. The standard InChI is InChI=1S/C8H13BrN2O2S2/c1-5-3-7(14-8(5)9)15(12,13)11-6(2)4-10/h3,6,11H,4,10H2,1-2H3/t6-/m1/s1. The van der Waals surface area contributed by atoms with Crippen molar-refractivity contribution in [1.29, 1.82) is 0 Å². The van der Waals surface area contributed by atoms with Gasteiger partial charge in [-0.15, -0.1) is 11.3 Å². The third kappa shape index (κ3) is 3.25. The van der Waals surface area contributed by atoms with E-state index < -0.39 is 10.0 Å². The van der Waals surface area contributed by atoms with Gasteiger partial charge in [0.1, 0.15) is 4.21 Å². The minimum atomic E-state index is -3.41. The molecule has 0 radical (unpaired) electrons. The van der Waals surface area contributed by atoms with Gasteiger partial charge in [-0.1, -0.05) is 0 Å². The van der Waals surface area contributed by atoms with Gasteiger partial charge in [0.25, 0.3) is 0 Å². The Morgan fingerprint density at radius 1 is 1.67 bits per heavy atom. The molecule has 0 bridgehead atoms. The summed E-state index contributed by atoms with van der Waals surface area (Å²) in [7, 11) is -3.41. The zero-order chi connectivity index (χ0) is 11.6. The van der Waals surface area contributed by atoms with Crippen molar-refractivity contribution in [3.8, 4) is 0 Å². The molecule has 0 saturated carbocycles. The average Bonchev–Trinajstić information content (AvgIpc) is 2.47. The Balaban J connectivity index is 2.96. The van der Waals surface area contributed by atoms with E-state index in [2.05, 4.69) is 20.7 Å². The number of sulfonamides is 1. The van der Waals surface area contributed by atoms with Gasteiger partial charge in [0.05, 0.1) is 3.79 Å². The van der Waals surface area contributed by atoms with E-state index in [1.807, 2.05) is 6.92 Å². The van der Waals surface area contributed by atoms with Gasteiger partial charge >= 0.3 is 0 Å². The first-order valence-corrected chi connectivity index (χ1v) is 7.44. The Morgan fingerprint density at radius 3 is 2.67 bits per heavy atom. The van der Waals surface area contributed by atoms with E-state index in [0.29, 0.717) is 4.21 Å². The molecule has 0 amide bonds. The highest BCUT2D eigenvalue weighted by molar-refractivity contribution is 9.11. The molecular formula is C8H13BrN2O2S2. The molecule has 0 aliphatic carbocycles. The van der Waals surface area contributed by atoms with Crippen molar-refractivity contribution in [2.45, 2.75) is 24.1 Å². The summed E-state index contributed by atoms with van der Waals surface area (Å²) < 4.78 is 27.2. The predicted octanol–water partition coefficient (Wildman–Crippen LogP) is 1.44. The van der Waals surface area contributed by atoms with Gasteiger partial charge in [0, 0.05) is 12.6 Å². The lowest BCUT2D eigenvalue weighted by molar-refractivity contribution is 0.564. The maximum absolute atomic E-state index is 11.8. The van der Waals surface area contributed by atoms with Crippen molar-refractivity contribution in [3.63, 3.8) is 0 Å². The summed E-state index contributed by atoms with van der Waals surface area (Å²) in [5, 5.41) is 0. The lowest BCUT2D eigenvalue weighted by Gasteiger charge is -2.09. The van der Waals surface area contributed by atoms with E-state index in [1.165, 1.54) is 11.3 Å². The summed E-state index contributed by atoms with van der Waals surface area (Å²) >= 11 is 4.49. The van der Waals surface area contributed by atoms with Gasteiger partial charge in [0.2, 0.25) is 10.0 Å². The number of rotatable bonds is 4. The maximum atomic E-state index is 11.8. The summed E-state index contributed by atoms with van der Waals surface area (Å²) in [4.78, 5) is 0. The number of aryl methyl sites for hydroxylation is 1. The van der Waals surface area contributed by atoms with E-state index in [4.69, 9.17) is 5.73 Å². The minimum absolute atomic E-state index is 0.254. The Hall–Kier alpha value is 0.0500. The zero-order valence-corrected chi connectivity index (χ0v) is 11.7. The molecule has 1 aromatic heterocycles. The molecule has 4 nitrogen and oxygen atoms in total. The van der Waals surface area contributed by atoms with Crippen LogP contribution in [-0.2, 0) is 10.0 Å². The van der Waals surface area contributed by atoms with Crippen LogP contribution in [-0.4, -0.2) is 21.0 Å². The highest BCUT2D eigenvalue weighted by Gasteiger charge is 2.19. The summed E-state index contributed by atoms with van der Waals surface area (Å²) in [6, 6.07) is 1.39. The van der Waals surface area contributed by atoms with Crippen LogP contribution in [0.25, 0.3) is 0 Å². The molecule has 1 atom stereocenters. The van der Waals surface area contributed by atoms with E-state index in [9.17, 15) is 8.42 Å². The molecule has 1 rings (SSSR count). The second kappa shape index (κ2) is 4.92. The van der Waals surface area contributed by atoms with Crippen molar-refractivity contribution in [2.24, 2.45) is 5.73 Å². The predicted molar refractivity (Wildman–Crippen MR) is 65.6 cm³/mol. The van der Waals surface area contributed by atoms with Crippen LogP contribution in [0.5, 0.6) is 0 Å². The summed E-state index contributed by atoms with van der Waals surface area (Å²) in [6.07, 6.45) is 0. The molecule has 0 saturated heterocycles. The minimum Gasteiger partial charge on any atom is -0.329 e. The van der Waals surface area contributed by atoms with Crippen molar-refractivity contribution in [3.05, 3.63) is 15.4 Å². The van der Waals surface area contributed by atoms with Gasteiger partial charge in [-0.05, 0) is 41.4 Å². The molecular weight excluding hydrogens is 300 g/mol. The molecule has 86 valence electrons. The molecule has 0 aliphatic heterocycles. The molecule has 15 heavy (non-hydrogen) atoms. The first-order chi connectivity index (χ1) is 6.86. The fraction of sp³-hybridized carbons (Fsp3) is 0.500. The molecule has 0 spiro atoms. The zero-order valence-electron chi connectivity index (χ0n) is 8.45. The molecule has 1 heterocycles. The van der Waals surface area contributed by atoms with Crippen molar-refractivity contribution >= 4 is 37.3 Å². The molecule has 0 aromatic carbocycles. The quantitative estimate of drug-likeness (QED) is 0.883. The number of nitrogens with two attached hydrogens (primary N) is 1. The first kappa shape index (κ1) is 13.1. The van der Waals surface area contributed by atoms with Crippen molar-refractivity contribution in [2.75, 3.05) is 6.54 Å². The third-order valence-electron chi connectivity index (χ3n) is 1.81. The van der Waals surface area contributed by atoms with E-state index in [-0.39, 0.29) is 12.6 Å². The molecule has 0 fully saturated rings. The van der Waals surface area contributed by atoms with Crippen LogP contribution < -0.4 is 10.5 Å². The average molecular weight is 313 g/mol. The van der Waals surface area contributed by atoms with Crippen LogP contribution in [0.15, 0.2) is 14.1 Å². The fourth-order valence-corrected chi connectivity index (χ4v) is 4.43. The Labute approximate surface area is 102 Å². The number of hydrogen-bond donors (Lipinski definition) is 2. The third-order valence-corrected chi connectivity index (χ3v) is 6.01. The van der Waals surface area contributed by atoms with Gasteiger partial charge in [0.15, 0.2) is 0 Å². The highest BCUT2D eigenvalue weighted by atomic mass is 79.9. The monoisotopic (exact) mass is 312 g/mol. The van der Waals surface area contributed by atoms with Crippen LogP contribution in [0.4, 0.5) is 0 Å². The smallest absolute Gasteiger partial charge is 0.250 e. The van der Waals surface area contributed by atoms with Crippen LogP contribution in [0, 0.1) is 6.92 Å². The molecule has 3 N–H and O–H groups in total. The first-order valence-electron chi connectivity index (χ1n) is 4.35. The second-order valence-electron chi connectivity index (χ2n) is 3.28. The van der Waals surface area contributed by atoms with Gasteiger partial charge < -0.3 is 5.73 Å². The Morgan fingerprint density at radius 2 is 2.27 bits per heavy atom. The van der Waals surface area contributed by atoms with Crippen LogP contribution in [0.2, 0.25) is 0 Å². The van der Waals surface area contributed by atoms with Gasteiger partial charge in [-0.2, -0.15) is 0 Å². The number of halogens is 1. The van der Waals surface area contributed by atoms with Crippen LogP contribution in [0.3, 0.4) is 0 Å². The van der Waals surface area contributed by atoms with E-state index >= 15 is 0 Å². The number of thiophene rings is 1. The van der Waals surface area contributed by atoms with Crippen LogP contribution in [0.1, 0.15) is 12.5 Å². The summed E-state index contributed by atoms with van der Waals surface area (Å²) in [6.45, 7) is 3.86. The van der Waals surface area contributed by atoms with Crippen LogP contribution >= 0.6 is 27.3 Å². The normalized spacial score (nSPS) is 14.1. The Kier molecular flexibility index (Phi) is 4.30. The topological polar surface area (TPSA) is 72.2 Å². The van der Waals surface area contributed by atoms with Crippen molar-refractivity contribution in [1.82, 2.24) is 4.72 Å². The number of hydrogen-bond acceptors (Lipinski definition) is 4. The summed E-state index contributed by atoms with van der Waals surface area (Å²) in [5.41, 5.74) is 6.28. The molecule has 1 aromatic rings. The maximum Gasteiger partial charge on any atom is 0.250 e. The highest BCUT2D eigenvalue weighted by Crippen LogP contribution is 2.30. The fourth-order valence-electron chi connectivity index (χ4n) is 0.935. The van der Waals surface area contributed by atoms with Gasteiger partial charge in [-0.25, -0.2) is 13.1 Å². The SMILES string of the molecule is Cc1cc(S(=O)(=O)N[C@H](C)CN)sc1Br. The van der Waals surface area contributed by atoms with Crippen molar-refractivity contribution < 1.29 is 8.42 Å². The largest absolute Gasteiger partial charge is 0.329 e. The summed E-state index contributed by atoms with van der Waals surface area (Å²) in [5.74, 6) is 0. The molecule has 0 aliphatic rings. The van der Waals surface area contributed by atoms with Gasteiger partial charge in [-0.3, -0.25) is 0 Å². The molecule has 0 unspecified atom stereocenters. The number of nitrogens with one attached hydrogen (secondary N) is 1. The van der Waals surface area contributed by atoms with E-state index in [0.717, 1.165) is 9.35 Å².